The smallest absolute Gasteiger partial charge is 0.339 e. The SMILES string of the molecule is Cc1ccc2nc(-c3ccc(N4C(=O)C5CC=CC(C)C5C4=O)cc3)cc(C(=O)OC(CCCl)C(=O)c3ccc(Cl)cc3)c2c1. The zero-order valence-electron chi connectivity index (χ0n) is 24.7. The van der Waals surface area contributed by atoms with Crippen LogP contribution in [0.15, 0.2) is 84.9 Å². The molecule has 0 saturated carbocycles. The molecule has 4 aromatic rings. The predicted molar refractivity (Wildman–Crippen MR) is 175 cm³/mol. The van der Waals surface area contributed by atoms with Gasteiger partial charge in [0.25, 0.3) is 0 Å². The highest BCUT2D eigenvalue weighted by Gasteiger charge is 2.50. The van der Waals surface area contributed by atoms with E-state index in [0.717, 1.165) is 5.56 Å². The van der Waals surface area contributed by atoms with Crippen LogP contribution in [0.2, 0.25) is 5.02 Å². The van der Waals surface area contributed by atoms with E-state index in [1.165, 1.54) is 4.90 Å². The summed E-state index contributed by atoms with van der Waals surface area (Å²) >= 11 is 12.0. The number of allylic oxidation sites excluding steroid dienone is 2. The van der Waals surface area contributed by atoms with Crippen LogP contribution in [0, 0.1) is 24.7 Å². The Morgan fingerprint density at radius 3 is 2.42 bits per heavy atom. The molecule has 1 aliphatic heterocycles. The van der Waals surface area contributed by atoms with E-state index in [-0.39, 0.29) is 53.2 Å². The number of nitrogens with zero attached hydrogens (tertiary/aromatic N) is 2. The van der Waals surface area contributed by atoms with Crippen molar-refractivity contribution >= 4 is 63.4 Å². The van der Waals surface area contributed by atoms with Crippen LogP contribution in [0.3, 0.4) is 0 Å². The first kappa shape index (κ1) is 30.7. The number of ketones is 1. The lowest BCUT2D eigenvalue weighted by atomic mass is 9.78. The summed E-state index contributed by atoms with van der Waals surface area (Å²) in [5.74, 6) is -2.00. The van der Waals surface area contributed by atoms with Crippen LogP contribution in [0.4, 0.5) is 5.69 Å². The van der Waals surface area contributed by atoms with Gasteiger partial charge in [-0.25, -0.2) is 9.78 Å². The molecule has 4 atom stereocenters. The number of halogens is 2. The molecule has 2 heterocycles. The first-order chi connectivity index (χ1) is 21.7. The number of carbonyl (C=O) groups is 4. The Morgan fingerprint density at radius 1 is 1.00 bits per heavy atom. The van der Waals surface area contributed by atoms with Crippen LogP contribution in [0.1, 0.15) is 46.0 Å². The molecule has 1 fully saturated rings. The summed E-state index contributed by atoms with van der Waals surface area (Å²) in [6.07, 6.45) is 3.58. The highest BCUT2D eigenvalue weighted by Crippen LogP contribution is 2.41. The number of rotatable bonds is 8. The largest absolute Gasteiger partial charge is 0.450 e. The lowest BCUT2D eigenvalue weighted by Gasteiger charge is -2.22. The van der Waals surface area contributed by atoms with Crippen LogP contribution in [-0.2, 0) is 14.3 Å². The average molecular weight is 642 g/mol. The second kappa shape index (κ2) is 12.6. The molecule has 1 aromatic heterocycles. The normalized spacial score (nSPS) is 19.9. The summed E-state index contributed by atoms with van der Waals surface area (Å²) in [6.45, 7) is 3.88. The van der Waals surface area contributed by atoms with E-state index in [1.807, 2.05) is 44.2 Å². The van der Waals surface area contributed by atoms with Gasteiger partial charge in [-0.1, -0.05) is 54.4 Å². The molecule has 2 amide bonds. The van der Waals surface area contributed by atoms with Crippen LogP contribution >= 0.6 is 23.2 Å². The van der Waals surface area contributed by atoms with E-state index in [1.54, 1.807) is 54.6 Å². The van der Waals surface area contributed by atoms with Gasteiger partial charge in [-0.3, -0.25) is 19.3 Å². The summed E-state index contributed by atoms with van der Waals surface area (Å²) in [6, 6.07) is 20.6. The number of imide groups is 1. The quantitative estimate of drug-likeness (QED) is 0.0647. The molecule has 4 unspecified atom stereocenters. The third-order valence-electron chi connectivity index (χ3n) is 8.52. The maximum absolute atomic E-state index is 13.7. The molecular formula is C36H30Cl2N2O5. The molecular weight excluding hydrogens is 611 g/mol. The second-order valence-electron chi connectivity index (χ2n) is 11.5. The first-order valence-electron chi connectivity index (χ1n) is 14.8. The number of aromatic nitrogens is 1. The Kier molecular flexibility index (Phi) is 8.58. The summed E-state index contributed by atoms with van der Waals surface area (Å²) in [7, 11) is 0. The molecule has 0 bridgehead atoms. The Morgan fingerprint density at radius 2 is 1.73 bits per heavy atom. The Balaban J connectivity index is 1.32. The highest BCUT2D eigenvalue weighted by molar-refractivity contribution is 6.30. The van der Waals surface area contributed by atoms with Crippen LogP contribution < -0.4 is 4.90 Å². The number of fused-ring (bicyclic) bond motifs is 2. The van der Waals surface area contributed by atoms with Gasteiger partial charge < -0.3 is 4.74 Å². The van der Waals surface area contributed by atoms with Crippen molar-refractivity contribution in [2.45, 2.75) is 32.8 Å². The van der Waals surface area contributed by atoms with Gasteiger partial charge >= 0.3 is 5.97 Å². The van der Waals surface area contributed by atoms with E-state index in [2.05, 4.69) is 0 Å². The van der Waals surface area contributed by atoms with Crippen molar-refractivity contribution in [3.05, 3.63) is 107 Å². The van der Waals surface area contributed by atoms with E-state index in [0.29, 0.717) is 44.9 Å². The third kappa shape index (κ3) is 5.90. The Bertz CT molecular complexity index is 1850. The van der Waals surface area contributed by atoms with Gasteiger partial charge in [0.1, 0.15) is 0 Å². The number of carbonyl (C=O) groups excluding carboxylic acids is 4. The maximum atomic E-state index is 13.7. The number of hydrogen-bond acceptors (Lipinski definition) is 6. The van der Waals surface area contributed by atoms with E-state index >= 15 is 0 Å². The molecule has 0 spiro atoms. The van der Waals surface area contributed by atoms with Gasteiger partial charge in [0, 0.05) is 33.8 Å². The molecule has 2 aliphatic rings. The zero-order chi connectivity index (χ0) is 31.8. The number of benzene rings is 3. The minimum absolute atomic E-state index is 0.00129. The summed E-state index contributed by atoms with van der Waals surface area (Å²) in [5.41, 5.74) is 3.78. The van der Waals surface area contributed by atoms with Crippen molar-refractivity contribution in [3.8, 4) is 11.3 Å². The van der Waals surface area contributed by atoms with Crippen LogP contribution in [0.25, 0.3) is 22.2 Å². The van der Waals surface area contributed by atoms with E-state index < -0.39 is 12.1 Å². The maximum Gasteiger partial charge on any atom is 0.339 e. The van der Waals surface area contributed by atoms with Crippen LogP contribution in [-0.4, -0.2) is 40.5 Å². The van der Waals surface area contributed by atoms with Crippen molar-refractivity contribution in [1.82, 2.24) is 4.98 Å². The molecule has 45 heavy (non-hydrogen) atoms. The number of aryl methyl sites for hydroxylation is 1. The Labute approximate surface area is 270 Å². The fourth-order valence-electron chi connectivity index (χ4n) is 6.17. The average Bonchev–Trinajstić information content (AvgIpc) is 3.30. The van der Waals surface area contributed by atoms with E-state index in [9.17, 15) is 19.2 Å². The van der Waals surface area contributed by atoms with Crippen molar-refractivity contribution < 1.29 is 23.9 Å². The number of alkyl halides is 1. The van der Waals surface area contributed by atoms with Crippen molar-refractivity contribution in [3.63, 3.8) is 0 Å². The number of amides is 2. The third-order valence-corrected chi connectivity index (χ3v) is 8.99. The summed E-state index contributed by atoms with van der Waals surface area (Å²) in [4.78, 5) is 59.5. The van der Waals surface area contributed by atoms with Gasteiger partial charge in [0.2, 0.25) is 17.6 Å². The molecule has 0 radical (unpaired) electrons. The van der Waals surface area contributed by atoms with Crippen molar-refractivity contribution in [2.24, 2.45) is 17.8 Å². The fraction of sp³-hybridized carbons (Fsp3) is 0.250. The molecule has 228 valence electrons. The number of hydrogen-bond donors (Lipinski definition) is 0. The molecule has 1 aliphatic carbocycles. The lowest BCUT2D eigenvalue weighted by molar-refractivity contribution is -0.122. The minimum atomic E-state index is -1.09. The van der Waals surface area contributed by atoms with Gasteiger partial charge in [-0.15, -0.1) is 11.6 Å². The number of pyridine rings is 1. The predicted octanol–water partition coefficient (Wildman–Crippen LogP) is 7.60. The van der Waals surface area contributed by atoms with Gasteiger partial charge in [-0.05, 0) is 73.9 Å². The Hall–Kier alpha value is -4.33. The van der Waals surface area contributed by atoms with Gasteiger partial charge in [-0.2, -0.15) is 0 Å². The van der Waals surface area contributed by atoms with Crippen molar-refractivity contribution in [2.75, 3.05) is 10.8 Å². The zero-order valence-corrected chi connectivity index (χ0v) is 26.2. The topological polar surface area (TPSA) is 93.6 Å². The number of anilines is 1. The van der Waals surface area contributed by atoms with Gasteiger partial charge in [0.05, 0.1) is 34.3 Å². The monoisotopic (exact) mass is 640 g/mol. The molecule has 7 nitrogen and oxygen atoms in total. The molecule has 6 rings (SSSR count). The molecule has 1 saturated heterocycles. The summed E-state index contributed by atoms with van der Waals surface area (Å²) < 4.78 is 5.81. The lowest BCUT2D eigenvalue weighted by Crippen LogP contribution is -2.31. The number of ether oxygens (including phenoxy) is 1. The minimum Gasteiger partial charge on any atom is -0.450 e. The van der Waals surface area contributed by atoms with Crippen LogP contribution in [0.5, 0.6) is 0 Å². The van der Waals surface area contributed by atoms with Crippen molar-refractivity contribution in [1.29, 1.82) is 0 Å². The standard InChI is InChI=1S/C36H30Cl2N2O5/c1-20-6-15-29-27(18-20)28(36(44)45-31(16-17-37)33(41)23-7-11-24(38)12-8-23)19-30(39-29)22-9-13-25(14-10-22)40-34(42)26-5-3-4-21(2)32(26)35(40)43/h3-4,6-15,18-19,21,26,31-32H,5,16-17H2,1-2H3. The van der Waals surface area contributed by atoms with Gasteiger partial charge in [0.15, 0.2) is 6.10 Å². The highest BCUT2D eigenvalue weighted by atomic mass is 35.5. The number of esters is 1. The van der Waals surface area contributed by atoms with E-state index in [4.69, 9.17) is 32.9 Å². The second-order valence-corrected chi connectivity index (χ2v) is 12.3. The molecule has 9 heteroatoms. The molecule has 3 aromatic carbocycles. The number of Topliss-reactive ketones (excluding diaryl/α,β-unsaturated/α-hetero) is 1. The summed E-state index contributed by atoms with van der Waals surface area (Å²) in [5, 5.41) is 1.07. The first-order valence-corrected chi connectivity index (χ1v) is 15.7. The molecule has 0 N–H and O–H groups in total. The fourth-order valence-corrected chi connectivity index (χ4v) is 6.50.